The summed E-state index contributed by atoms with van der Waals surface area (Å²) < 4.78 is 11.2. The van der Waals surface area contributed by atoms with E-state index in [1.807, 2.05) is 36.4 Å². The molecule has 2 aromatic heterocycles. The zero-order valence-corrected chi connectivity index (χ0v) is 17.5. The fraction of sp³-hybridized carbons (Fsp3) is 0.292. The second-order valence-corrected chi connectivity index (χ2v) is 7.24. The summed E-state index contributed by atoms with van der Waals surface area (Å²) in [7, 11) is 1.74. The SMILES string of the molecule is CN(Cc1cccnc1OCCCCCC(=O)O)C(=O)c1ccc(-c2ccco2)cc1. The number of carbonyl (C=O) groups is 2. The van der Waals surface area contributed by atoms with Crippen LogP contribution in [-0.2, 0) is 11.3 Å². The third-order valence-corrected chi connectivity index (χ3v) is 4.82. The Morgan fingerprint density at radius 3 is 2.58 bits per heavy atom. The molecule has 0 unspecified atom stereocenters. The minimum atomic E-state index is -0.781. The van der Waals surface area contributed by atoms with Crippen LogP contribution in [0.4, 0.5) is 0 Å². The van der Waals surface area contributed by atoms with Gasteiger partial charge in [-0.1, -0.05) is 18.2 Å². The number of amides is 1. The normalized spacial score (nSPS) is 10.6. The van der Waals surface area contributed by atoms with E-state index < -0.39 is 5.97 Å². The summed E-state index contributed by atoms with van der Waals surface area (Å²) in [6, 6.07) is 14.7. The standard InChI is InChI=1S/C24H26N2O5/c1-26(24(29)19-12-10-18(11-13-19)21-8-6-16-30-21)17-20-7-5-14-25-23(20)31-15-4-2-3-9-22(27)28/h5-8,10-14,16H,2-4,9,15,17H2,1H3,(H,27,28). The average molecular weight is 422 g/mol. The molecule has 1 amide bonds. The van der Waals surface area contributed by atoms with Crippen LogP contribution in [0.25, 0.3) is 11.3 Å². The number of hydrogen-bond donors (Lipinski definition) is 1. The second-order valence-electron chi connectivity index (χ2n) is 7.24. The Morgan fingerprint density at radius 1 is 1.06 bits per heavy atom. The molecule has 0 bridgehead atoms. The first-order valence-corrected chi connectivity index (χ1v) is 10.2. The number of ether oxygens (including phenoxy) is 1. The Labute approximate surface area is 181 Å². The molecule has 31 heavy (non-hydrogen) atoms. The Balaban J connectivity index is 1.55. The van der Waals surface area contributed by atoms with Gasteiger partial charge in [0.2, 0.25) is 5.88 Å². The molecule has 0 aliphatic carbocycles. The molecule has 7 heteroatoms. The summed E-state index contributed by atoms with van der Waals surface area (Å²) in [5.74, 6) is 0.367. The third-order valence-electron chi connectivity index (χ3n) is 4.82. The maximum Gasteiger partial charge on any atom is 0.303 e. The van der Waals surface area contributed by atoms with Crippen molar-refractivity contribution < 1.29 is 23.8 Å². The first-order chi connectivity index (χ1) is 15.0. The molecule has 3 aromatic rings. The number of furan rings is 1. The predicted octanol–water partition coefficient (Wildman–Crippen LogP) is 4.64. The van der Waals surface area contributed by atoms with Gasteiger partial charge in [-0.15, -0.1) is 0 Å². The van der Waals surface area contributed by atoms with Crippen molar-refractivity contribution in [3.8, 4) is 17.2 Å². The number of aliphatic carboxylic acids is 1. The number of unbranched alkanes of at least 4 members (excludes halogenated alkanes) is 2. The van der Waals surface area contributed by atoms with Crippen molar-refractivity contribution in [3.05, 3.63) is 72.1 Å². The molecule has 2 heterocycles. The Morgan fingerprint density at radius 2 is 1.87 bits per heavy atom. The molecule has 162 valence electrons. The van der Waals surface area contributed by atoms with Crippen LogP contribution in [0.1, 0.15) is 41.6 Å². The number of benzene rings is 1. The Bertz CT molecular complexity index is 983. The van der Waals surface area contributed by atoms with Crippen molar-refractivity contribution in [2.75, 3.05) is 13.7 Å². The molecule has 1 N–H and O–H groups in total. The van der Waals surface area contributed by atoms with Crippen LogP contribution in [0.5, 0.6) is 5.88 Å². The van der Waals surface area contributed by atoms with Crippen molar-refractivity contribution in [2.45, 2.75) is 32.2 Å². The predicted molar refractivity (Wildman–Crippen MR) is 116 cm³/mol. The monoisotopic (exact) mass is 422 g/mol. The van der Waals surface area contributed by atoms with E-state index in [1.165, 1.54) is 0 Å². The molecular formula is C24H26N2O5. The van der Waals surface area contributed by atoms with Gasteiger partial charge >= 0.3 is 5.97 Å². The minimum Gasteiger partial charge on any atom is -0.481 e. The minimum absolute atomic E-state index is 0.102. The van der Waals surface area contributed by atoms with E-state index in [0.717, 1.165) is 29.7 Å². The van der Waals surface area contributed by atoms with Gasteiger partial charge in [0.25, 0.3) is 5.91 Å². The van der Waals surface area contributed by atoms with Crippen molar-refractivity contribution in [2.24, 2.45) is 0 Å². The van der Waals surface area contributed by atoms with Gasteiger partial charge in [-0.3, -0.25) is 9.59 Å². The fourth-order valence-electron chi connectivity index (χ4n) is 3.17. The lowest BCUT2D eigenvalue weighted by atomic mass is 10.1. The largest absolute Gasteiger partial charge is 0.481 e. The van der Waals surface area contributed by atoms with E-state index in [2.05, 4.69) is 4.98 Å². The molecule has 7 nitrogen and oxygen atoms in total. The lowest BCUT2D eigenvalue weighted by Gasteiger charge is -2.19. The zero-order chi connectivity index (χ0) is 22.1. The van der Waals surface area contributed by atoms with Gasteiger partial charge in [0.05, 0.1) is 19.4 Å². The molecule has 3 rings (SSSR count). The van der Waals surface area contributed by atoms with Crippen LogP contribution in [0, 0.1) is 0 Å². The van der Waals surface area contributed by atoms with Crippen LogP contribution in [-0.4, -0.2) is 40.5 Å². The number of carboxylic acid groups (broad SMARTS) is 1. The van der Waals surface area contributed by atoms with E-state index in [9.17, 15) is 9.59 Å². The number of rotatable bonds is 11. The molecule has 1 aromatic carbocycles. The smallest absolute Gasteiger partial charge is 0.303 e. The van der Waals surface area contributed by atoms with Crippen molar-refractivity contribution in [3.63, 3.8) is 0 Å². The summed E-state index contributed by atoms with van der Waals surface area (Å²) in [5.41, 5.74) is 2.31. The topological polar surface area (TPSA) is 92.9 Å². The number of hydrogen-bond acceptors (Lipinski definition) is 5. The summed E-state index contributed by atoms with van der Waals surface area (Å²) in [5, 5.41) is 8.67. The van der Waals surface area contributed by atoms with E-state index in [0.29, 0.717) is 31.0 Å². The van der Waals surface area contributed by atoms with Crippen molar-refractivity contribution in [1.29, 1.82) is 0 Å². The molecule has 0 spiro atoms. The molecule has 0 radical (unpaired) electrons. The molecule has 0 fully saturated rings. The van der Waals surface area contributed by atoms with Gasteiger partial charge in [0, 0.05) is 36.4 Å². The first kappa shape index (κ1) is 22.1. The number of carboxylic acids is 1. The van der Waals surface area contributed by atoms with Crippen LogP contribution >= 0.6 is 0 Å². The molecule has 0 aliphatic heterocycles. The van der Waals surface area contributed by atoms with Gasteiger partial charge in [-0.05, 0) is 49.6 Å². The highest BCUT2D eigenvalue weighted by molar-refractivity contribution is 5.94. The molecule has 0 saturated carbocycles. The average Bonchev–Trinajstić information content (AvgIpc) is 3.31. The van der Waals surface area contributed by atoms with Crippen LogP contribution in [0.2, 0.25) is 0 Å². The van der Waals surface area contributed by atoms with Crippen LogP contribution in [0.15, 0.2) is 65.4 Å². The van der Waals surface area contributed by atoms with Gasteiger partial charge in [-0.2, -0.15) is 0 Å². The maximum absolute atomic E-state index is 12.8. The van der Waals surface area contributed by atoms with Crippen LogP contribution in [0.3, 0.4) is 0 Å². The molecule has 0 atom stereocenters. The second kappa shape index (κ2) is 11.0. The highest BCUT2D eigenvalue weighted by Gasteiger charge is 2.15. The Hall–Kier alpha value is -3.61. The highest BCUT2D eigenvalue weighted by Crippen LogP contribution is 2.22. The summed E-state index contributed by atoms with van der Waals surface area (Å²) in [6.07, 6.45) is 5.60. The maximum atomic E-state index is 12.8. The number of carbonyl (C=O) groups excluding carboxylic acids is 1. The van der Waals surface area contributed by atoms with Crippen LogP contribution < -0.4 is 4.74 Å². The number of aromatic nitrogens is 1. The summed E-state index contributed by atoms with van der Waals surface area (Å²) >= 11 is 0. The number of nitrogens with zero attached hydrogens (tertiary/aromatic N) is 2. The summed E-state index contributed by atoms with van der Waals surface area (Å²) in [4.78, 5) is 29.3. The number of pyridine rings is 1. The molecular weight excluding hydrogens is 396 g/mol. The van der Waals surface area contributed by atoms with Gasteiger partial charge < -0.3 is 19.2 Å². The van der Waals surface area contributed by atoms with Gasteiger partial charge in [-0.25, -0.2) is 4.98 Å². The highest BCUT2D eigenvalue weighted by atomic mass is 16.5. The van der Waals surface area contributed by atoms with Gasteiger partial charge in [0.15, 0.2) is 0 Å². The molecule has 0 saturated heterocycles. The first-order valence-electron chi connectivity index (χ1n) is 10.2. The third kappa shape index (κ3) is 6.44. The molecule has 0 aliphatic rings. The van der Waals surface area contributed by atoms with E-state index >= 15 is 0 Å². The van der Waals surface area contributed by atoms with E-state index in [-0.39, 0.29) is 12.3 Å². The zero-order valence-electron chi connectivity index (χ0n) is 17.5. The fourth-order valence-corrected chi connectivity index (χ4v) is 3.17. The lowest BCUT2D eigenvalue weighted by molar-refractivity contribution is -0.137. The summed E-state index contributed by atoms with van der Waals surface area (Å²) in [6.45, 7) is 0.816. The van der Waals surface area contributed by atoms with Crippen molar-refractivity contribution in [1.82, 2.24) is 9.88 Å². The lowest BCUT2D eigenvalue weighted by Crippen LogP contribution is -2.26. The Kier molecular flexibility index (Phi) is 7.81. The van der Waals surface area contributed by atoms with E-state index in [4.69, 9.17) is 14.3 Å². The quantitative estimate of drug-likeness (QED) is 0.453. The van der Waals surface area contributed by atoms with Crippen molar-refractivity contribution >= 4 is 11.9 Å². The van der Waals surface area contributed by atoms with Gasteiger partial charge in [0.1, 0.15) is 5.76 Å². The van der Waals surface area contributed by atoms with E-state index in [1.54, 1.807) is 36.5 Å².